The van der Waals surface area contributed by atoms with Crippen molar-refractivity contribution in [3.05, 3.63) is 24.3 Å². The molecule has 0 bridgehead atoms. The second kappa shape index (κ2) is 15.2. The van der Waals surface area contributed by atoms with Gasteiger partial charge in [-0.15, -0.1) is 6.58 Å². The molecule has 1 saturated heterocycles. The van der Waals surface area contributed by atoms with Crippen molar-refractivity contribution in [3.63, 3.8) is 0 Å². The van der Waals surface area contributed by atoms with Crippen LogP contribution in [0.15, 0.2) is 24.3 Å². The van der Waals surface area contributed by atoms with Crippen molar-refractivity contribution >= 4 is 29.6 Å². The summed E-state index contributed by atoms with van der Waals surface area (Å²) in [5, 5.41) is 8.12. The van der Waals surface area contributed by atoms with Gasteiger partial charge in [0, 0.05) is 13.1 Å². The molecule has 0 saturated carbocycles. The zero-order chi connectivity index (χ0) is 30.8. The Hall–Kier alpha value is -3.17. The lowest BCUT2D eigenvalue weighted by molar-refractivity contribution is -0.144. The van der Waals surface area contributed by atoms with E-state index in [2.05, 4.69) is 28.6 Å². The van der Waals surface area contributed by atoms with Gasteiger partial charge in [0.1, 0.15) is 17.7 Å². The van der Waals surface area contributed by atoms with Crippen LogP contribution >= 0.6 is 0 Å². The van der Waals surface area contributed by atoms with Crippen LogP contribution in [0.25, 0.3) is 0 Å². The van der Waals surface area contributed by atoms with Crippen LogP contribution in [0, 0.1) is 5.41 Å². The molecule has 10 heteroatoms. The third-order valence-electron chi connectivity index (χ3n) is 7.25. The number of Topliss-reactive ketones (excluding diaryl/α,β-unsaturated/α-hetero) is 1. The summed E-state index contributed by atoms with van der Waals surface area (Å²) in [6.07, 6.45) is 9.85. The Balaban J connectivity index is 2.08. The van der Waals surface area contributed by atoms with E-state index in [1.54, 1.807) is 26.8 Å². The number of carbonyl (C=O) groups is 5. The summed E-state index contributed by atoms with van der Waals surface area (Å²) >= 11 is 0. The molecule has 1 aliphatic carbocycles. The first kappa shape index (κ1) is 34.0. The Labute approximate surface area is 245 Å². The normalized spacial score (nSPS) is 18.9. The van der Waals surface area contributed by atoms with Crippen molar-refractivity contribution in [1.29, 1.82) is 0 Å². The smallest absolute Gasteiger partial charge is 0.408 e. The molecule has 1 heterocycles. The van der Waals surface area contributed by atoms with Crippen molar-refractivity contribution in [2.75, 3.05) is 13.1 Å². The quantitative estimate of drug-likeness (QED) is 0.239. The number of alkyl carbamates (subject to hydrolysis) is 1. The first-order valence-corrected chi connectivity index (χ1v) is 14.8. The maximum absolute atomic E-state index is 13.7. The van der Waals surface area contributed by atoms with Crippen LogP contribution in [0.3, 0.4) is 0 Å². The molecule has 4 amide bonds. The number of allylic oxidation sites excluding steroid dienone is 2. The van der Waals surface area contributed by atoms with Gasteiger partial charge in [-0.1, -0.05) is 38.5 Å². The number of ketones is 1. The molecular weight excluding hydrogens is 524 g/mol. The third kappa shape index (κ3) is 11.0. The number of hydrogen-bond acceptors (Lipinski definition) is 6. The highest BCUT2D eigenvalue weighted by Gasteiger charge is 2.43. The molecule has 3 atom stereocenters. The van der Waals surface area contributed by atoms with Crippen LogP contribution in [-0.2, 0) is 23.9 Å². The molecule has 230 valence electrons. The van der Waals surface area contributed by atoms with E-state index in [0.29, 0.717) is 38.8 Å². The van der Waals surface area contributed by atoms with Crippen molar-refractivity contribution < 1.29 is 28.7 Å². The average Bonchev–Trinajstić information content (AvgIpc) is 3.38. The highest BCUT2D eigenvalue weighted by Crippen LogP contribution is 2.26. The molecule has 41 heavy (non-hydrogen) atoms. The van der Waals surface area contributed by atoms with E-state index in [9.17, 15) is 24.0 Å². The number of nitrogens with one attached hydrogen (secondary N) is 3. The Morgan fingerprint density at radius 1 is 1.07 bits per heavy atom. The van der Waals surface area contributed by atoms with E-state index >= 15 is 0 Å². The predicted octanol–water partition coefficient (Wildman–Crippen LogP) is 3.94. The van der Waals surface area contributed by atoms with Crippen LogP contribution in [-0.4, -0.2) is 71.3 Å². The fraction of sp³-hybridized carbons (Fsp3) is 0.710. The van der Waals surface area contributed by atoms with Gasteiger partial charge in [-0.2, -0.15) is 0 Å². The first-order chi connectivity index (χ1) is 19.1. The van der Waals surface area contributed by atoms with Gasteiger partial charge in [-0.25, -0.2) is 4.79 Å². The van der Waals surface area contributed by atoms with Crippen LogP contribution in [0.2, 0.25) is 0 Å². The van der Waals surface area contributed by atoms with Crippen molar-refractivity contribution in [2.45, 2.75) is 123 Å². The van der Waals surface area contributed by atoms with Gasteiger partial charge < -0.3 is 25.6 Å². The van der Waals surface area contributed by atoms with Gasteiger partial charge in [-0.3, -0.25) is 19.2 Å². The summed E-state index contributed by atoms with van der Waals surface area (Å²) in [6, 6.07) is -2.80. The predicted molar refractivity (Wildman–Crippen MR) is 158 cm³/mol. The van der Waals surface area contributed by atoms with Crippen molar-refractivity contribution in [3.8, 4) is 0 Å². The van der Waals surface area contributed by atoms with E-state index in [-0.39, 0.29) is 6.42 Å². The maximum atomic E-state index is 13.7. The molecule has 10 nitrogen and oxygen atoms in total. The van der Waals surface area contributed by atoms with E-state index in [1.807, 2.05) is 20.8 Å². The van der Waals surface area contributed by atoms with E-state index in [0.717, 1.165) is 19.3 Å². The monoisotopic (exact) mass is 574 g/mol. The Morgan fingerprint density at radius 3 is 2.37 bits per heavy atom. The first-order valence-electron chi connectivity index (χ1n) is 14.8. The van der Waals surface area contributed by atoms with Crippen LogP contribution in [0.5, 0.6) is 0 Å². The average molecular weight is 575 g/mol. The summed E-state index contributed by atoms with van der Waals surface area (Å²) < 4.78 is 5.37. The lowest BCUT2D eigenvalue weighted by Gasteiger charge is -2.36. The van der Waals surface area contributed by atoms with Gasteiger partial charge >= 0.3 is 6.09 Å². The standard InChI is InChI=1S/C31H50N4O6/c1-8-9-16-22(24(36)27(38)32-19-18-21-14-11-10-12-15-21)33-26(37)23-17-13-20-35(23)28(39)25(30(2,3)4)34-29(40)41-31(5,6)7/h8,14,22-23,25H,1,9-13,15-20H2,2-7H3,(H,32,38)(H,33,37)(H,34,40). The fourth-order valence-electron chi connectivity index (χ4n) is 5.08. The molecule has 0 aromatic heterocycles. The summed E-state index contributed by atoms with van der Waals surface area (Å²) in [7, 11) is 0. The fourth-order valence-corrected chi connectivity index (χ4v) is 5.08. The molecule has 2 aliphatic rings. The minimum atomic E-state index is -1.04. The Bertz CT molecular complexity index is 1010. The Kier molecular flexibility index (Phi) is 12.6. The summed E-state index contributed by atoms with van der Waals surface area (Å²) in [5.41, 5.74) is -0.106. The van der Waals surface area contributed by atoms with E-state index in [4.69, 9.17) is 4.74 Å². The molecule has 3 N–H and O–H groups in total. The molecular formula is C31H50N4O6. The highest BCUT2D eigenvalue weighted by molar-refractivity contribution is 6.38. The maximum Gasteiger partial charge on any atom is 0.408 e. The van der Waals surface area contributed by atoms with E-state index in [1.165, 1.54) is 16.9 Å². The number of nitrogens with zero attached hydrogens (tertiary/aromatic N) is 1. The van der Waals surface area contributed by atoms with Gasteiger partial charge in [-0.05, 0) is 84.0 Å². The second-order valence-corrected chi connectivity index (χ2v) is 13.0. The molecule has 1 fully saturated rings. The summed E-state index contributed by atoms with van der Waals surface area (Å²) in [5.74, 6) is -2.34. The third-order valence-corrected chi connectivity index (χ3v) is 7.25. The number of amides is 4. The van der Waals surface area contributed by atoms with Crippen molar-refractivity contribution in [2.24, 2.45) is 5.41 Å². The number of rotatable bonds is 12. The largest absolute Gasteiger partial charge is 0.444 e. The number of likely N-dealkylation sites (tertiary alicyclic amines) is 1. The minimum Gasteiger partial charge on any atom is -0.444 e. The molecule has 0 aromatic rings. The molecule has 2 rings (SSSR count). The summed E-state index contributed by atoms with van der Waals surface area (Å²) in [6.45, 7) is 15.1. The molecule has 1 aliphatic heterocycles. The number of carbonyl (C=O) groups excluding carboxylic acids is 5. The summed E-state index contributed by atoms with van der Waals surface area (Å²) in [4.78, 5) is 66.8. The van der Waals surface area contributed by atoms with Gasteiger partial charge in [0.15, 0.2) is 0 Å². The molecule has 0 radical (unpaired) electrons. The van der Waals surface area contributed by atoms with E-state index < -0.39 is 58.7 Å². The van der Waals surface area contributed by atoms with Gasteiger partial charge in [0.2, 0.25) is 17.6 Å². The number of ether oxygens (including phenoxy) is 1. The zero-order valence-corrected chi connectivity index (χ0v) is 25.8. The SMILES string of the molecule is C=CCCC(NC(=O)C1CCCN1C(=O)C(NC(=O)OC(C)(C)C)C(C)(C)C)C(=O)C(=O)NCCC1=CCCCC1. The number of hydrogen-bond donors (Lipinski definition) is 3. The van der Waals surface area contributed by atoms with Gasteiger partial charge in [0.05, 0.1) is 6.04 Å². The van der Waals surface area contributed by atoms with Crippen LogP contribution in [0.1, 0.15) is 99.3 Å². The molecule has 0 aromatic carbocycles. The second-order valence-electron chi connectivity index (χ2n) is 13.0. The molecule has 3 unspecified atom stereocenters. The lowest BCUT2D eigenvalue weighted by atomic mass is 9.85. The highest BCUT2D eigenvalue weighted by atomic mass is 16.6. The van der Waals surface area contributed by atoms with Crippen LogP contribution < -0.4 is 16.0 Å². The van der Waals surface area contributed by atoms with Crippen molar-refractivity contribution in [1.82, 2.24) is 20.9 Å². The van der Waals surface area contributed by atoms with Gasteiger partial charge in [0.25, 0.3) is 5.91 Å². The topological polar surface area (TPSA) is 134 Å². The zero-order valence-electron chi connectivity index (χ0n) is 25.8. The minimum absolute atomic E-state index is 0.220. The molecule has 0 spiro atoms. The lowest BCUT2D eigenvalue weighted by Crippen LogP contribution is -2.59. The van der Waals surface area contributed by atoms with Crippen LogP contribution in [0.4, 0.5) is 4.79 Å². The Morgan fingerprint density at radius 2 is 1.78 bits per heavy atom.